The first-order valence-corrected chi connectivity index (χ1v) is 7.81. The predicted molar refractivity (Wildman–Crippen MR) is 73.0 cm³/mol. The Morgan fingerprint density at radius 3 is 2.63 bits per heavy atom. The third-order valence-corrected chi connectivity index (χ3v) is 4.68. The van der Waals surface area contributed by atoms with Gasteiger partial charge >= 0.3 is 0 Å². The number of likely N-dealkylation sites (N-methyl/N-ethyl adjacent to an activating group) is 1. The Bertz CT molecular complexity index is 583. The molecule has 1 aromatic rings. The van der Waals surface area contributed by atoms with Gasteiger partial charge in [-0.25, -0.2) is 13.1 Å². The average Bonchev–Trinajstić information content (AvgIpc) is 2.60. The minimum Gasteiger partial charge on any atom is -0.344 e. The standard InChI is InChI=1S/C13H18N2O3S/c1-10-5-3-4-6-11(10)9-19(17,18)14-12-7-13(16)15(2)8-12/h3-6,12,14H,7-9H2,1-2H3. The summed E-state index contributed by atoms with van der Waals surface area (Å²) in [6.45, 7) is 2.32. The van der Waals surface area contributed by atoms with Crippen LogP contribution in [0.4, 0.5) is 0 Å². The van der Waals surface area contributed by atoms with Gasteiger partial charge in [-0.3, -0.25) is 4.79 Å². The van der Waals surface area contributed by atoms with Crippen LogP contribution < -0.4 is 4.72 Å². The van der Waals surface area contributed by atoms with Crippen molar-refractivity contribution in [3.8, 4) is 0 Å². The zero-order valence-corrected chi connectivity index (χ0v) is 11.9. The SMILES string of the molecule is Cc1ccccc1CS(=O)(=O)NC1CC(=O)N(C)C1. The highest BCUT2D eigenvalue weighted by atomic mass is 32.2. The summed E-state index contributed by atoms with van der Waals surface area (Å²) in [6, 6.07) is 7.08. The number of hydrogen-bond donors (Lipinski definition) is 1. The molecule has 0 saturated carbocycles. The van der Waals surface area contributed by atoms with Crippen molar-refractivity contribution in [1.82, 2.24) is 9.62 Å². The molecule has 0 aromatic heterocycles. The lowest BCUT2D eigenvalue weighted by Crippen LogP contribution is -2.37. The maximum absolute atomic E-state index is 12.1. The molecule has 1 unspecified atom stereocenters. The van der Waals surface area contributed by atoms with E-state index in [2.05, 4.69) is 4.72 Å². The lowest BCUT2D eigenvalue weighted by atomic mass is 10.1. The van der Waals surface area contributed by atoms with E-state index in [4.69, 9.17) is 0 Å². The second-order valence-corrected chi connectivity index (χ2v) is 6.73. The summed E-state index contributed by atoms with van der Waals surface area (Å²) < 4.78 is 26.8. The summed E-state index contributed by atoms with van der Waals surface area (Å²) >= 11 is 0. The van der Waals surface area contributed by atoms with Crippen LogP contribution in [0.1, 0.15) is 17.5 Å². The zero-order valence-electron chi connectivity index (χ0n) is 11.1. The van der Waals surface area contributed by atoms with Gasteiger partial charge in [0.25, 0.3) is 0 Å². The molecule has 1 heterocycles. The highest BCUT2D eigenvalue weighted by molar-refractivity contribution is 7.88. The number of nitrogens with one attached hydrogen (secondary N) is 1. The highest BCUT2D eigenvalue weighted by Gasteiger charge is 2.30. The Labute approximate surface area is 113 Å². The van der Waals surface area contributed by atoms with Gasteiger partial charge in [-0.05, 0) is 18.1 Å². The fraction of sp³-hybridized carbons (Fsp3) is 0.462. The number of aryl methyl sites for hydroxylation is 1. The molecular weight excluding hydrogens is 264 g/mol. The molecule has 0 bridgehead atoms. The Hall–Kier alpha value is -1.40. The zero-order chi connectivity index (χ0) is 14.0. The van der Waals surface area contributed by atoms with Crippen molar-refractivity contribution in [1.29, 1.82) is 0 Å². The van der Waals surface area contributed by atoms with E-state index < -0.39 is 10.0 Å². The summed E-state index contributed by atoms with van der Waals surface area (Å²) in [6.07, 6.45) is 0.240. The van der Waals surface area contributed by atoms with Gasteiger partial charge < -0.3 is 4.90 Å². The van der Waals surface area contributed by atoms with Gasteiger partial charge in [0.05, 0.1) is 5.75 Å². The van der Waals surface area contributed by atoms with Crippen molar-refractivity contribution in [3.05, 3.63) is 35.4 Å². The molecule has 2 rings (SSSR count). The maximum Gasteiger partial charge on any atom is 0.224 e. The van der Waals surface area contributed by atoms with Gasteiger partial charge in [-0.1, -0.05) is 24.3 Å². The van der Waals surface area contributed by atoms with E-state index in [1.165, 1.54) is 0 Å². The summed E-state index contributed by atoms with van der Waals surface area (Å²) in [5, 5.41) is 0. The smallest absolute Gasteiger partial charge is 0.224 e. The molecule has 19 heavy (non-hydrogen) atoms. The predicted octanol–water partition coefficient (Wildman–Crippen LogP) is 0.645. The van der Waals surface area contributed by atoms with Gasteiger partial charge in [0.1, 0.15) is 0 Å². The van der Waals surface area contributed by atoms with E-state index in [1.807, 2.05) is 25.1 Å². The Balaban J connectivity index is 2.04. The normalized spacial score (nSPS) is 20.0. The van der Waals surface area contributed by atoms with Gasteiger partial charge in [-0.15, -0.1) is 0 Å². The average molecular weight is 282 g/mol. The molecule has 1 N–H and O–H groups in total. The van der Waals surface area contributed by atoms with Crippen LogP contribution in [0.2, 0.25) is 0 Å². The van der Waals surface area contributed by atoms with Crippen molar-refractivity contribution in [2.45, 2.75) is 25.1 Å². The van der Waals surface area contributed by atoms with E-state index in [9.17, 15) is 13.2 Å². The number of hydrogen-bond acceptors (Lipinski definition) is 3. The van der Waals surface area contributed by atoms with Crippen LogP contribution in [-0.4, -0.2) is 38.9 Å². The van der Waals surface area contributed by atoms with E-state index in [-0.39, 0.29) is 24.1 Å². The molecular formula is C13H18N2O3S. The largest absolute Gasteiger partial charge is 0.344 e. The third kappa shape index (κ3) is 3.54. The first kappa shape index (κ1) is 14.0. The number of carbonyl (C=O) groups excluding carboxylic acids is 1. The summed E-state index contributed by atoms with van der Waals surface area (Å²) in [5.74, 6) is -0.0720. The lowest BCUT2D eigenvalue weighted by Gasteiger charge is -2.13. The number of benzene rings is 1. The van der Waals surface area contributed by atoms with Crippen LogP contribution in [0.3, 0.4) is 0 Å². The molecule has 1 amide bonds. The first-order valence-electron chi connectivity index (χ1n) is 6.16. The summed E-state index contributed by atoms with van der Waals surface area (Å²) in [4.78, 5) is 12.9. The quantitative estimate of drug-likeness (QED) is 0.881. The maximum atomic E-state index is 12.1. The van der Waals surface area contributed by atoms with E-state index in [1.54, 1.807) is 18.0 Å². The monoisotopic (exact) mass is 282 g/mol. The Kier molecular flexibility index (Phi) is 3.91. The second kappa shape index (κ2) is 5.30. The molecule has 1 aliphatic heterocycles. The molecule has 1 aromatic carbocycles. The number of nitrogens with zero attached hydrogens (tertiary/aromatic N) is 1. The topological polar surface area (TPSA) is 66.5 Å². The van der Waals surface area contributed by atoms with Crippen LogP contribution in [0.5, 0.6) is 0 Å². The van der Waals surface area contributed by atoms with Crippen LogP contribution >= 0.6 is 0 Å². The second-order valence-electron chi connectivity index (χ2n) is 4.98. The Morgan fingerprint density at radius 1 is 1.37 bits per heavy atom. The summed E-state index contributed by atoms with van der Waals surface area (Å²) in [5.41, 5.74) is 1.74. The van der Waals surface area contributed by atoms with Crippen molar-refractivity contribution >= 4 is 15.9 Å². The molecule has 0 aliphatic carbocycles. The number of carbonyl (C=O) groups is 1. The van der Waals surface area contributed by atoms with Gasteiger partial charge in [0, 0.05) is 26.1 Å². The number of sulfonamides is 1. The van der Waals surface area contributed by atoms with E-state index in [0.717, 1.165) is 11.1 Å². The number of rotatable bonds is 4. The molecule has 1 aliphatic rings. The lowest BCUT2D eigenvalue weighted by molar-refractivity contribution is -0.126. The fourth-order valence-corrected chi connectivity index (χ4v) is 3.70. The number of amides is 1. The van der Waals surface area contributed by atoms with E-state index >= 15 is 0 Å². The third-order valence-electron chi connectivity index (χ3n) is 3.29. The highest BCUT2D eigenvalue weighted by Crippen LogP contribution is 2.14. The molecule has 1 atom stereocenters. The molecule has 1 fully saturated rings. The molecule has 0 radical (unpaired) electrons. The van der Waals surface area contributed by atoms with Crippen molar-refractivity contribution in [2.24, 2.45) is 0 Å². The van der Waals surface area contributed by atoms with Gasteiger partial charge in [0.15, 0.2) is 0 Å². The van der Waals surface area contributed by atoms with Crippen molar-refractivity contribution in [3.63, 3.8) is 0 Å². The Morgan fingerprint density at radius 2 is 2.05 bits per heavy atom. The summed E-state index contributed by atoms with van der Waals surface area (Å²) in [7, 11) is -1.74. The van der Waals surface area contributed by atoms with Crippen molar-refractivity contribution < 1.29 is 13.2 Å². The first-order chi connectivity index (χ1) is 8.87. The minimum absolute atomic E-state index is 0.0245. The van der Waals surface area contributed by atoms with E-state index in [0.29, 0.717) is 6.54 Å². The molecule has 6 heteroatoms. The molecule has 1 saturated heterocycles. The molecule has 0 spiro atoms. The van der Waals surface area contributed by atoms with Crippen LogP contribution in [0.15, 0.2) is 24.3 Å². The fourth-order valence-electron chi connectivity index (χ4n) is 2.21. The van der Waals surface area contributed by atoms with Crippen LogP contribution in [0, 0.1) is 6.92 Å². The van der Waals surface area contributed by atoms with Gasteiger partial charge in [0.2, 0.25) is 15.9 Å². The van der Waals surface area contributed by atoms with Crippen LogP contribution in [-0.2, 0) is 20.6 Å². The van der Waals surface area contributed by atoms with Crippen molar-refractivity contribution in [2.75, 3.05) is 13.6 Å². The van der Waals surface area contributed by atoms with Gasteiger partial charge in [-0.2, -0.15) is 0 Å². The minimum atomic E-state index is -3.42. The molecule has 104 valence electrons. The van der Waals surface area contributed by atoms with Crippen LogP contribution in [0.25, 0.3) is 0 Å². The molecule has 5 nitrogen and oxygen atoms in total. The number of likely N-dealkylation sites (tertiary alicyclic amines) is 1.